The van der Waals surface area contributed by atoms with Gasteiger partial charge < -0.3 is 44.2 Å². The Kier molecular flexibility index (Phi) is 14.3. The first-order valence-corrected chi connectivity index (χ1v) is 19.1. The van der Waals surface area contributed by atoms with Crippen LogP contribution in [0.5, 0.6) is 0 Å². The van der Waals surface area contributed by atoms with E-state index in [1.807, 2.05) is 77.0 Å². The number of H-pyrrole nitrogens is 1. The van der Waals surface area contributed by atoms with E-state index in [4.69, 9.17) is 18.9 Å². The Morgan fingerprint density at radius 1 is 1.09 bits per heavy atom. The Hall–Kier alpha value is -2.91. The maximum Gasteiger partial charge on any atom is 0.309 e. The highest BCUT2D eigenvalue weighted by Crippen LogP contribution is 2.39. The summed E-state index contributed by atoms with van der Waals surface area (Å²) in [7, 11) is 5.42. The number of hydrazone groups is 1. The van der Waals surface area contributed by atoms with Gasteiger partial charge in [0.05, 0.1) is 36.3 Å². The molecule has 0 radical (unpaired) electrons. The summed E-state index contributed by atoms with van der Waals surface area (Å²) in [4.78, 5) is 32.1. The number of rotatable bonds is 8. The third-order valence-electron chi connectivity index (χ3n) is 11.6. The number of amides is 1. The molecule has 2 saturated heterocycles. The Bertz CT molecular complexity index is 1530. The van der Waals surface area contributed by atoms with Gasteiger partial charge in [0, 0.05) is 36.0 Å². The van der Waals surface area contributed by atoms with Crippen molar-refractivity contribution in [2.24, 2.45) is 28.8 Å². The molecule has 0 aliphatic carbocycles. The number of esters is 1. The molecule has 298 valence electrons. The lowest BCUT2D eigenvalue weighted by Crippen LogP contribution is -2.59. The number of nitrogens with zero attached hydrogens (tertiary/aromatic N) is 2. The number of aromatic amines is 1. The predicted octanol–water partition coefficient (Wildman–Crippen LogP) is 4.17. The van der Waals surface area contributed by atoms with Crippen LogP contribution in [-0.2, 0) is 35.0 Å². The van der Waals surface area contributed by atoms with Crippen LogP contribution in [0.15, 0.2) is 35.4 Å². The van der Waals surface area contributed by atoms with Gasteiger partial charge in [-0.15, -0.1) is 0 Å². The fourth-order valence-corrected chi connectivity index (χ4v) is 8.44. The number of benzene rings is 1. The number of methoxy groups -OCH3 is 1. The van der Waals surface area contributed by atoms with Crippen molar-refractivity contribution in [1.29, 1.82) is 0 Å². The first-order valence-electron chi connectivity index (χ1n) is 19.1. The van der Waals surface area contributed by atoms with E-state index in [1.165, 1.54) is 6.92 Å². The summed E-state index contributed by atoms with van der Waals surface area (Å²) >= 11 is 0. The minimum absolute atomic E-state index is 0.0415. The molecule has 0 spiro atoms. The van der Waals surface area contributed by atoms with Gasteiger partial charge >= 0.3 is 5.97 Å². The van der Waals surface area contributed by atoms with Crippen molar-refractivity contribution in [2.45, 2.75) is 142 Å². The number of aliphatic hydroxyl groups excluding tert-OH is 2. The third-order valence-corrected chi connectivity index (χ3v) is 11.6. The molecule has 0 bridgehead atoms. The Labute approximate surface area is 314 Å². The standard InChI is InChI=1S/C40H64N4O9/c1-12-31-40(8,49)35(47)26(6)33(43-42-32(45)20-28-19-27-15-13-14-16-29(27)41-28)24(4)21-39(7,50-11)36(22(2)17-23(3)37(48)52-31)53-38-34(46)30(44(9)10)18-25(5)51-38/h13-16,19,22-26,30-31,34-36,38,41,46-47,49H,12,17-18,20-21H2,1-11H3,(H,42,45). The van der Waals surface area contributed by atoms with Gasteiger partial charge in [0.2, 0.25) is 5.91 Å². The van der Waals surface area contributed by atoms with Gasteiger partial charge in [0.25, 0.3) is 0 Å². The number of fused-ring (bicyclic) bond motifs is 1. The first kappa shape index (κ1) is 42.8. The molecule has 13 nitrogen and oxygen atoms in total. The molecule has 13 atom stereocenters. The molecule has 1 aromatic heterocycles. The molecule has 4 rings (SSSR count). The molecule has 3 heterocycles. The van der Waals surface area contributed by atoms with E-state index >= 15 is 0 Å². The van der Waals surface area contributed by atoms with Crippen molar-refractivity contribution in [3.63, 3.8) is 0 Å². The highest BCUT2D eigenvalue weighted by Gasteiger charge is 2.50. The van der Waals surface area contributed by atoms with Crippen molar-refractivity contribution >= 4 is 28.5 Å². The van der Waals surface area contributed by atoms with Crippen molar-refractivity contribution < 1.29 is 43.9 Å². The normalized spacial score (nSPS) is 38.8. The summed E-state index contributed by atoms with van der Waals surface area (Å²) in [6, 6.07) is 9.48. The van der Waals surface area contributed by atoms with Crippen molar-refractivity contribution in [1.82, 2.24) is 15.3 Å². The second kappa shape index (κ2) is 17.7. The van der Waals surface area contributed by atoms with Crippen molar-refractivity contribution in [3.8, 4) is 0 Å². The van der Waals surface area contributed by atoms with Crippen molar-refractivity contribution in [3.05, 3.63) is 36.0 Å². The van der Waals surface area contributed by atoms with Crippen LogP contribution in [0.2, 0.25) is 0 Å². The van der Waals surface area contributed by atoms with Gasteiger partial charge in [0.1, 0.15) is 17.8 Å². The Morgan fingerprint density at radius 2 is 1.77 bits per heavy atom. The summed E-state index contributed by atoms with van der Waals surface area (Å²) in [6.07, 6.45) is -3.67. The van der Waals surface area contributed by atoms with Gasteiger partial charge in [-0.2, -0.15) is 5.10 Å². The highest BCUT2D eigenvalue weighted by atomic mass is 16.7. The fraction of sp³-hybridized carbons (Fsp3) is 0.725. The summed E-state index contributed by atoms with van der Waals surface area (Å²) < 4.78 is 25.2. The Morgan fingerprint density at radius 3 is 2.40 bits per heavy atom. The number of para-hydroxylation sites is 1. The zero-order valence-corrected chi connectivity index (χ0v) is 33.5. The van der Waals surface area contributed by atoms with E-state index in [1.54, 1.807) is 27.9 Å². The number of nitrogens with one attached hydrogen (secondary N) is 2. The summed E-state index contributed by atoms with van der Waals surface area (Å²) in [5.41, 5.74) is 1.87. The van der Waals surface area contributed by atoms with Gasteiger partial charge in [0.15, 0.2) is 6.29 Å². The lowest BCUT2D eigenvalue weighted by atomic mass is 9.74. The van der Waals surface area contributed by atoms with Gasteiger partial charge in [-0.1, -0.05) is 52.8 Å². The molecular formula is C40H64N4O9. The Balaban J connectivity index is 1.74. The molecule has 13 heteroatoms. The first-order chi connectivity index (χ1) is 24.8. The number of aromatic nitrogens is 1. The number of carbonyl (C=O) groups is 2. The van der Waals surface area contributed by atoms with Crippen LogP contribution in [0.4, 0.5) is 0 Å². The van der Waals surface area contributed by atoms with E-state index in [0.717, 1.165) is 16.6 Å². The second-order valence-electron chi connectivity index (χ2n) is 16.3. The van der Waals surface area contributed by atoms with E-state index in [-0.39, 0.29) is 36.8 Å². The van der Waals surface area contributed by atoms with Gasteiger partial charge in [-0.3, -0.25) is 9.59 Å². The predicted molar refractivity (Wildman–Crippen MR) is 203 cm³/mol. The minimum atomic E-state index is -1.85. The summed E-state index contributed by atoms with van der Waals surface area (Å²) in [5.74, 6) is -3.00. The molecule has 2 aliphatic heterocycles. The molecule has 2 aliphatic rings. The quantitative estimate of drug-likeness (QED) is 0.195. The molecule has 5 N–H and O–H groups in total. The monoisotopic (exact) mass is 744 g/mol. The molecule has 2 aromatic rings. The lowest BCUT2D eigenvalue weighted by molar-refractivity contribution is -0.297. The number of hydrogen-bond donors (Lipinski definition) is 5. The number of aliphatic hydroxyl groups is 3. The largest absolute Gasteiger partial charge is 0.459 e. The number of likely N-dealkylation sites (N-methyl/N-ethyl adjacent to an activating group) is 1. The van der Waals surface area contributed by atoms with Crippen LogP contribution in [0.3, 0.4) is 0 Å². The smallest absolute Gasteiger partial charge is 0.309 e. The lowest BCUT2D eigenvalue weighted by Gasteiger charge is -2.47. The number of hydrogen-bond acceptors (Lipinski definition) is 11. The zero-order valence-electron chi connectivity index (χ0n) is 33.5. The van der Waals surface area contributed by atoms with E-state index < -0.39 is 65.6 Å². The number of ether oxygens (including phenoxy) is 4. The van der Waals surface area contributed by atoms with E-state index in [0.29, 0.717) is 25.0 Å². The fourth-order valence-electron chi connectivity index (χ4n) is 8.44. The van der Waals surface area contributed by atoms with Crippen LogP contribution in [0.25, 0.3) is 10.9 Å². The van der Waals surface area contributed by atoms with Crippen LogP contribution >= 0.6 is 0 Å². The van der Waals surface area contributed by atoms with Crippen LogP contribution in [0, 0.1) is 23.7 Å². The number of cyclic esters (lactones) is 1. The number of carbonyl (C=O) groups excluding carboxylic acids is 2. The third kappa shape index (κ3) is 9.86. The molecule has 53 heavy (non-hydrogen) atoms. The van der Waals surface area contributed by atoms with Gasteiger partial charge in [-0.25, -0.2) is 5.43 Å². The minimum Gasteiger partial charge on any atom is -0.459 e. The maximum atomic E-state index is 13.6. The maximum absolute atomic E-state index is 13.6. The molecule has 2 fully saturated rings. The topological polar surface area (TPSA) is 175 Å². The van der Waals surface area contributed by atoms with E-state index in [9.17, 15) is 24.9 Å². The van der Waals surface area contributed by atoms with Crippen LogP contribution < -0.4 is 5.43 Å². The SMILES string of the molecule is CCC1OC(=O)C(C)CC(C)C(OC2OC(C)CC(N(C)C)C2O)C(C)(OC)CC(C)C(=NNC(=O)Cc2cc3ccccc3[nH]2)C(C)C(O)C1(C)O. The molecule has 1 amide bonds. The molecule has 1 aromatic carbocycles. The molecule has 13 unspecified atom stereocenters. The van der Waals surface area contributed by atoms with E-state index in [2.05, 4.69) is 15.5 Å². The van der Waals surface area contributed by atoms with Crippen LogP contribution in [-0.4, -0.2) is 118 Å². The summed E-state index contributed by atoms with van der Waals surface area (Å²) in [6.45, 7) is 14.5. The van der Waals surface area contributed by atoms with Crippen molar-refractivity contribution in [2.75, 3.05) is 21.2 Å². The summed E-state index contributed by atoms with van der Waals surface area (Å²) in [5, 5.41) is 40.7. The van der Waals surface area contributed by atoms with Gasteiger partial charge in [-0.05, 0) is 89.9 Å². The average molecular weight is 745 g/mol. The average Bonchev–Trinajstić information content (AvgIpc) is 3.51. The second-order valence-corrected chi connectivity index (χ2v) is 16.3. The highest BCUT2D eigenvalue weighted by molar-refractivity contribution is 5.91. The molecular weight excluding hydrogens is 680 g/mol. The molecule has 0 saturated carbocycles. The van der Waals surface area contributed by atoms with Crippen LogP contribution in [0.1, 0.15) is 86.8 Å². The zero-order chi connectivity index (χ0) is 39.4.